The van der Waals surface area contributed by atoms with Crippen LogP contribution in [0.1, 0.15) is 53.4 Å². The second-order valence-corrected chi connectivity index (χ2v) is 11.2. The number of rotatable bonds is 6. The van der Waals surface area contributed by atoms with Gasteiger partial charge in [-0.25, -0.2) is 4.79 Å². The fourth-order valence-electron chi connectivity index (χ4n) is 5.38. The van der Waals surface area contributed by atoms with Crippen LogP contribution in [0.3, 0.4) is 0 Å². The first kappa shape index (κ1) is 37.3. The van der Waals surface area contributed by atoms with E-state index in [-0.39, 0.29) is 48.5 Å². The van der Waals surface area contributed by atoms with Crippen LogP contribution in [0.5, 0.6) is 0 Å². The van der Waals surface area contributed by atoms with Gasteiger partial charge in [-0.2, -0.15) is 0 Å². The molecule has 14 heteroatoms. The summed E-state index contributed by atoms with van der Waals surface area (Å²) < 4.78 is 27.1. The van der Waals surface area contributed by atoms with Crippen molar-refractivity contribution in [2.45, 2.75) is 77.8 Å². The van der Waals surface area contributed by atoms with Crippen molar-refractivity contribution < 1.29 is 52.8 Å². The molecule has 0 saturated carbocycles. The highest BCUT2D eigenvalue weighted by molar-refractivity contribution is 6.25. The van der Waals surface area contributed by atoms with Gasteiger partial charge in [-0.1, -0.05) is 26.0 Å². The molecule has 0 aromatic heterocycles. The third kappa shape index (κ3) is 9.57. The van der Waals surface area contributed by atoms with Crippen LogP contribution in [0.4, 0.5) is 4.79 Å². The molecule has 0 fully saturated rings. The van der Waals surface area contributed by atoms with E-state index in [9.17, 15) is 29.1 Å². The third-order valence-electron chi connectivity index (χ3n) is 7.77. The van der Waals surface area contributed by atoms with E-state index in [0.29, 0.717) is 5.57 Å². The number of allylic oxidation sites excluding steroid dienone is 2. The van der Waals surface area contributed by atoms with Crippen LogP contribution in [0.15, 0.2) is 46.1 Å². The smallest absolute Gasteiger partial charge is 0.405 e. The van der Waals surface area contributed by atoms with Gasteiger partial charge in [0.25, 0.3) is 11.7 Å². The largest absolute Gasteiger partial charge is 0.492 e. The molecule has 2 rings (SSSR count). The van der Waals surface area contributed by atoms with Gasteiger partial charge >= 0.3 is 12.1 Å². The number of hydrogen-bond donors (Lipinski definition) is 4. The van der Waals surface area contributed by atoms with E-state index in [1.165, 1.54) is 28.3 Å². The van der Waals surface area contributed by atoms with Crippen LogP contribution in [0.25, 0.3) is 0 Å². The monoisotopic (exact) mass is 635 g/mol. The van der Waals surface area contributed by atoms with Crippen molar-refractivity contribution in [1.82, 2.24) is 5.32 Å². The van der Waals surface area contributed by atoms with E-state index in [2.05, 4.69) is 5.32 Å². The lowest BCUT2D eigenvalue weighted by atomic mass is 9.85. The Morgan fingerprint density at radius 2 is 1.67 bits per heavy atom. The molecule has 1 heterocycles. The molecule has 250 valence electrons. The van der Waals surface area contributed by atoms with Crippen molar-refractivity contribution in [2.75, 3.05) is 27.9 Å². The number of esters is 1. The molecule has 14 nitrogen and oxygen atoms in total. The Hall–Kier alpha value is -3.85. The molecule has 0 spiro atoms. The molecule has 2 bridgehead atoms. The number of hydrogen-bond acceptors (Lipinski definition) is 12. The maximum absolute atomic E-state index is 13.8. The van der Waals surface area contributed by atoms with E-state index in [0.717, 1.165) is 0 Å². The number of carbonyl (C=O) groups excluding carboxylic acids is 5. The Balaban J connectivity index is 2.68. The standard InChI is InChI=1S/C31H45N3O11/c1-15-11-19-25(37)23(29(44-22(35)14-32)26(38)28(19)43-7)34-30(39)16(2)9-8-10-20(41-5)27(45-31(33)40)18(4)13-17(3)24(36)21(12-15)42-6/h9,13,15,17,20-21,24,27,36H,8,10-12,14,32H2,1-7H3,(H2,33,40)(H,34,39)/b16-9+,18-13+/t15-,17+,20?,21+,24-,27+/m1/s1. The molecule has 1 aliphatic carbocycles. The number of ketones is 2. The minimum absolute atomic E-state index is 0.0000730. The summed E-state index contributed by atoms with van der Waals surface area (Å²) in [5, 5.41) is 13.7. The molecule has 6 atom stereocenters. The number of nitrogens with two attached hydrogens (primary N) is 2. The van der Waals surface area contributed by atoms with Gasteiger partial charge in [0.05, 0.1) is 32.0 Å². The lowest BCUT2D eigenvalue weighted by Gasteiger charge is -2.30. The van der Waals surface area contributed by atoms with Crippen molar-refractivity contribution in [3.8, 4) is 0 Å². The zero-order valence-corrected chi connectivity index (χ0v) is 26.8. The number of ether oxygens (including phenoxy) is 5. The first-order valence-corrected chi connectivity index (χ1v) is 14.6. The molecule has 2 aliphatic rings. The van der Waals surface area contributed by atoms with Gasteiger partial charge < -0.3 is 45.6 Å². The summed E-state index contributed by atoms with van der Waals surface area (Å²) >= 11 is 0. The second-order valence-electron chi connectivity index (χ2n) is 11.2. The first-order chi connectivity index (χ1) is 21.2. The van der Waals surface area contributed by atoms with Crippen LogP contribution in [0, 0.1) is 11.8 Å². The molecule has 0 aromatic rings. The van der Waals surface area contributed by atoms with E-state index >= 15 is 0 Å². The van der Waals surface area contributed by atoms with Gasteiger partial charge in [-0.3, -0.25) is 19.2 Å². The Morgan fingerprint density at radius 1 is 1.02 bits per heavy atom. The number of aliphatic hydroxyl groups is 1. The van der Waals surface area contributed by atoms with Crippen molar-refractivity contribution in [3.63, 3.8) is 0 Å². The fraction of sp³-hybridized carbons (Fsp3) is 0.581. The van der Waals surface area contributed by atoms with E-state index < -0.39 is 77.9 Å². The zero-order chi connectivity index (χ0) is 34.0. The topological polar surface area (TPSA) is 216 Å². The van der Waals surface area contributed by atoms with E-state index in [1.54, 1.807) is 32.9 Å². The predicted molar refractivity (Wildman–Crippen MR) is 161 cm³/mol. The maximum atomic E-state index is 13.8. The van der Waals surface area contributed by atoms with E-state index in [4.69, 9.17) is 35.2 Å². The lowest BCUT2D eigenvalue weighted by molar-refractivity contribution is -0.141. The number of methoxy groups -OCH3 is 3. The van der Waals surface area contributed by atoms with Crippen molar-refractivity contribution in [3.05, 3.63) is 46.1 Å². The molecule has 0 aromatic carbocycles. The summed E-state index contributed by atoms with van der Waals surface area (Å²) in [5.41, 5.74) is 10.9. The molecular weight excluding hydrogens is 590 g/mol. The number of carbonyl (C=O) groups is 5. The molecule has 1 aliphatic heterocycles. The number of nitrogens with one attached hydrogen (secondary N) is 1. The second kappa shape index (κ2) is 17.0. The quantitative estimate of drug-likeness (QED) is 0.185. The normalized spacial score (nSPS) is 30.1. The van der Waals surface area contributed by atoms with Gasteiger partial charge in [0.1, 0.15) is 5.70 Å². The summed E-state index contributed by atoms with van der Waals surface area (Å²) in [4.78, 5) is 64.4. The van der Waals surface area contributed by atoms with Crippen LogP contribution in [0.2, 0.25) is 0 Å². The molecule has 0 radical (unpaired) electrons. The molecule has 1 unspecified atom stereocenters. The lowest BCUT2D eigenvalue weighted by Crippen LogP contribution is -2.38. The van der Waals surface area contributed by atoms with Crippen LogP contribution in [-0.4, -0.2) is 86.9 Å². The highest BCUT2D eigenvalue weighted by Crippen LogP contribution is 2.32. The summed E-state index contributed by atoms with van der Waals surface area (Å²) in [7, 11) is 4.08. The highest BCUT2D eigenvalue weighted by atomic mass is 16.6. The first-order valence-electron chi connectivity index (χ1n) is 14.6. The average molecular weight is 636 g/mol. The van der Waals surface area contributed by atoms with Crippen LogP contribution < -0.4 is 16.8 Å². The van der Waals surface area contributed by atoms with Gasteiger partial charge in [0, 0.05) is 31.3 Å². The summed E-state index contributed by atoms with van der Waals surface area (Å²) in [6, 6.07) is 0. The molecule has 2 amide bonds. The maximum Gasteiger partial charge on any atom is 0.405 e. The SMILES string of the molecule is COC1=C2C[C@@H](C)C[C@H](OC)[C@H](O)[C@@H](C)/C=C(\C)[C@H](OC(N)=O)C(OC)CC/C=C(\C)C(=O)NC(=C(OC(=O)CN)C1=O)C2=O. The Kier molecular flexibility index (Phi) is 14.1. The van der Waals surface area contributed by atoms with Crippen LogP contribution >= 0.6 is 0 Å². The van der Waals surface area contributed by atoms with Gasteiger partial charge in [0.15, 0.2) is 11.9 Å². The van der Waals surface area contributed by atoms with Crippen molar-refractivity contribution >= 4 is 29.5 Å². The average Bonchev–Trinajstić information content (AvgIpc) is 2.99. The Bertz CT molecular complexity index is 1280. The molecular formula is C31H45N3O11. The van der Waals surface area contributed by atoms with Gasteiger partial charge in [-0.05, 0) is 51.0 Å². The predicted octanol–water partition coefficient (Wildman–Crippen LogP) is 1.46. The molecule has 0 saturated heterocycles. The van der Waals surface area contributed by atoms with Crippen LogP contribution in [-0.2, 0) is 42.9 Å². The van der Waals surface area contributed by atoms with E-state index in [1.807, 2.05) is 0 Å². The highest BCUT2D eigenvalue weighted by Gasteiger charge is 2.40. The van der Waals surface area contributed by atoms with Gasteiger partial charge in [0.2, 0.25) is 11.5 Å². The minimum Gasteiger partial charge on any atom is -0.492 e. The number of Topliss-reactive ketones (excluding diaryl/α,β-unsaturated/α-hetero) is 2. The summed E-state index contributed by atoms with van der Waals surface area (Å²) in [6.07, 6.45) is -0.177. The third-order valence-corrected chi connectivity index (χ3v) is 7.77. The summed E-state index contributed by atoms with van der Waals surface area (Å²) in [6.45, 7) is 6.21. The Labute approximate surface area is 262 Å². The zero-order valence-electron chi connectivity index (χ0n) is 26.8. The summed E-state index contributed by atoms with van der Waals surface area (Å²) in [5.74, 6) is -5.30. The number of aliphatic hydroxyl groups excluding tert-OH is 1. The minimum atomic E-state index is -1.02. The molecule has 45 heavy (non-hydrogen) atoms. The number of amides is 2. The van der Waals surface area contributed by atoms with Gasteiger partial charge in [-0.15, -0.1) is 0 Å². The number of primary amides is 1. The fourth-order valence-corrected chi connectivity index (χ4v) is 5.38. The van der Waals surface area contributed by atoms with Crippen molar-refractivity contribution in [1.29, 1.82) is 0 Å². The Morgan fingerprint density at radius 3 is 2.22 bits per heavy atom. The molecule has 6 N–H and O–H groups in total. The number of fused-ring (bicyclic) bond motifs is 2. The van der Waals surface area contributed by atoms with Crippen molar-refractivity contribution in [2.24, 2.45) is 23.3 Å².